The fourth-order valence-corrected chi connectivity index (χ4v) is 2.10. The Morgan fingerprint density at radius 3 is 2.62 bits per heavy atom. The molecule has 1 atom stereocenters. The molecular weight excluding hydrogens is 198 g/mol. The fraction of sp³-hybridized carbons (Fsp3) is 0.500. The van der Waals surface area contributed by atoms with Gasteiger partial charge in [0.05, 0.1) is 0 Å². The number of benzene rings is 1. The molecule has 1 N–H and O–H groups in total. The predicted octanol–water partition coefficient (Wildman–Crippen LogP) is 2.83. The number of nitrogens with one attached hydrogen (secondary N) is 1. The van der Waals surface area contributed by atoms with Crippen molar-refractivity contribution in [3.05, 3.63) is 34.9 Å². The van der Waals surface area contributed by atoms with Crippen molar-refractivity contribution in [1.82, 2.24) is 5.32 Å². The third-order valence-electron chi connectivity index (χ3n) is 3.26. The number of carbonyl (C=O) groups excluding carboxylic acids is 1. The van der Waals surface area contributed by atoms with Crippen LogP contribution in [0.2, 0.25) is 0 Å². The van der Waals surface area contributed by atoms with E-state index in [-0.39, 0.29) is 11.3 Å². The third-order valence-corrected chi connectivity index (χ3v) is 3.26. The van der Waals surface area contributed by atoms with E-state index in [0.29, 0.717) is 5.92 Å². The molecule has 2 nitrogen and oxygen atoms in total. The van der Waals surface area contributed by atoms with Gasteiger partial charge < -0.3 is 5.32 Å². The molecule has 0 fully saturated rings. The molecule has 1 aromatic rings. The second-order valence-electron chi connectivity index (χ2n) is 5.66. The molecule has 0 saturated carbocycles. The summed E-state index contributed by atoms with van der Waals surface area (Å²) >= 11 is 0. The number of carbonyl (C=O) groups is 1. The Morgan fingerprint density at radius 2 is 2.00 bits per heavy atom. The zero-order valence-corrected chi connectivity index (χ0v) is 10.4. The first-order chi connectivity index (χ1) is 7.39. The van der Waals surface area contributed by atoms with Gasteiger partial charge in [0, 0.05) is 12.1 Å². The van der Waals surface area contributed by atoms with E-state index in [1.807, 2.05) is 6.07 Å². The largest absolute Gasteiger partial charge is 0.351 e. The molecule has 1 aliphatic rings. The van der Waals surface area contributed by atoms with Crippen molar-refractivity contribution >= 4 is 5.91 Å². The minimum atomic E-state index is 0.0687. The number of hydrogen-bond acceptors (Lipinski definition) is 1. The average Bonchev–Trinajstić information content (AvgIpc) is 2.22. The van der Waals surface area contributed by atoms with Gasteiger partial charge in [-0.3, -0.25) is 4.79 Å². The standard InChI is InChI=1S/C14H19NO/c1-9-8-15-13(16)12-7-10(14(2,3)4)5-6-11(9)12/h5-7,9H,8H2,1-4H3,(H,15,16). The van der Waals surface area contributed by atoms with Crippen molar-refractivity contribution in [2.75, 3.05) is 6.54 Å². The van der Waals surface area contributed by atoms with Gasteiger partial charge in [-0.2, -0.15) is 0 Å². The lowest BCUT2D eigenvalue weighted by molar-refractivity contribution is 0.0941. The SMILES string of the molecule is CC1CNC(=O)c2cc(C(C)(C)C)ccc21. The molecule has 0 radical (unpaired) electrons. The first kappa shape index (κ1) is 11.2. The van der Waals surface area contributed by atoms with Gasteiger partial charge in [0.15, 0.2) is 0 Å². The maximum atomic E-state index is 11.8. The van der Waals surface area contributed by atoms with Crippen LogP contribution in [0.1, 0.15) is 55.1 Å². The summed E-state index contributed by atoms with van der Waals surface area (Å²) in [5.41, 5.74) is 3.34. The van der Waals surface area contributed by atoms with Crippen LogP contribution in [0.3, 0.4) is 0 Å². The maximum absolute atomic E-state index is 11.8. The lowest BCUT2D eigenvalue weighted by atomic mass is 9.82. The number of fused-ring (bicyclic) bond motifs is 1. The van der Waals surface area contributed by atoms with Gasteiger partial charge in [-0.15, -0.1) is 0 Å². The van der Waals surface area contributed by atoms with Crippen LogP contribution in [0.15, 0.2) is 18.2 Å². The lowest BCUT2D eigenvalue weighted by Crippen LogP contribution is -2.34. The van der Waals surface area contributed by atoms with E-state index in [2.05, 4.69) is 45.1 Å². The summed E-state index contributed by atoms with van der Waals surface area (Å²) in [4.78, 5) is 11.8. The van der Waals surface area contributed by atoms with Crippen molar-refractivity contribution in [1.29, 1.82) is 0 Å². The molecule has 1 unspecified atom stereocenters. The van der Waals surface area contributed by atoms with Gasteiger partial charge in [-0.05, 0) is 28.5 Å². The first-order valence-electron chi connectivity index (χ1n) is 5.82. The topological polar surface area (TPSA) is 29.1 Å². The average molecular weight is 217 g/mol. The van der Waals surface area contributed by atoms with E-state index in [0.717, 1.165) is 12.1 Å². The van der Waals surface area contributed by atoms with E-state index in [1.54, 1.807) is 0 Å². The zero-order valence-electron chi connectivity index (χ0n) is 10.4. The van der Waals surface area contributed by atoms with Crippen LogP contribution in [0, 0.1) is 0 Å². The Labute approximate surface area is 97.1 Å². The smallest absolute Gasteiger partial charge is 0.251 e. The van der Waals surface area contributed by atoms with Crippen LogP contribution in [0.25, 0.3) is 0 Å². The van der Waals surface area contributed by atoms with Crippen LogP contribution in [-0.2, 0) is 5.41 Å². The molecule has 1 heterocycles. The highest BCUT2D eigenvalue weighted by Gasteiger charge is 2.24. The van der Waals surface area contributed by atoms with E-state index >= 15 is 0 Å². The summed E-state index contributed by atoms with van der Waals surface area (Å²) in [6.07, 6.45) is 0. The molecule has 2 rings (SSSR count). The second kappa shape index (κ2) is 3.62. The molecule has 0 bridgehead atoms. The lowest BCUT2D eigenvalue weighted by Gasteiger charge is -2.26. The van der Waals surface area contributed by atoms with Crippen molar-refractivity contribution in [2.45, 2.75) is 39.0 Å². The summed E-state index contributed by atoms with van der Waals surface area (Å²) in [6.45, 7) is 9.40. The van der Waals surface area contributed by atoms with Gasteiger partial charge in [-0.25, -0.2) is 0 Å². The van der Waals surface area contributed by atoms with E-state index in [1.165, 1.54) is 11.1 Å². The molecule has 1 amide bonds. The summed E-state index contributed by atoms with van der Waals surface area (Å²) in [6, 6.07) is 6.30. The highest BCUT2D eigenvalue weighted by molar-refractivity contribution is 5.97. The Balaban J connectivity index is 2.52. The van der Waals surface area contributed by atoms with Gasteiger partial charge in [0.1, 0.15) is 0 Å². The highest BCUT2D eigenvalue weighted by Crippen LogP contribution is 2.29. The third kappa shape index (κ3) is 1.84. The molecular formula is C14H19NO. The first-order valence-corrected chi connectivity index (χ1v) is 5.82. The van der Waals surface area contributed by atoms with Crippen molar-refractivity contribution in [3.63, 3.8) is 0 Å². The van der Waals surface area contributed by atoms with Gasteiger partial charge in [0.25, 0.3) is 5.91 Å². The highest BCUT2D eigenvalue weighted by atomic mass is 16.1. The molecule has 2 heteroatoms. The number of rotatable bonds is 0. The van der Waals surface area contributed by atoms with Crippen molar-refractivity contribution in [2.24, 2.45) is 0 Å². The molecule has 16 heavy (non-hydrogen) atoms. The minimum Gasteiger partial charge on any atom is -0.351 e. The number of amides is 1. The fourth-order valence-electron chi connectivity index (χ4n) is 2.10. The minimum absolute atomic E-state index is 0.0687. The Bertz CT molecular complexity index is 429. The number of hydrogen-bond donors (Lipinski definition) is 1. The Morgan fingerprint density at radius 1 is 1.31 bits per heavy atom. The normalized spacial score (nSPS) is 20.2. The molecule has 86 valence electrons. The van der Waals surface area contributed by atoms with Crippen molar-refractivity contribution < 1.29 is 4.79 Å². The molecule has 0 spiro atoms. The van der Waals surface area contributed by atoms with Crippen LogP contribution in [-0.4, -0.2) is 12.5 Å². The van der Waals surface area contributed by atoms with Gasteiger partial charge in [0.2, 0.25) is 0 Å². The van der Waals surface area contributed by atoms with E-state index in [9.17, 15) is 4.79 Å². The monoisotopic (exact) mass is 217 g/mol. The summed E-state index contributed by atoms with van der Waals surface area (Å²) < 4.78 is 0. The summed E-state index contributed by atoms with van der Waals surface area (Å²) in [5.74, 6) is 0.487. The molecule has 1 aliphatic heterocycles. The Kier molecular flexibility index (Phi) is 2.53. The Hall–Kier alpha value is -1.31. The zero-order chi connectivity index (χ0) is 11.9. The van der Waals surface area contributed by atoms with E-state index in [4.69, 9.17) is 0 Å². The van der Waals surface area contributed by atoms with Gasteiger partial charge in [-0.1, -0.05) is 39.8 Å². The van der Waals surface area contributed by atoms with Crippen molar-refractivity contribution in [3.8, 4) is 0 Å². The van der Waals surface area contributed by atoms with E-state index < -0.39 is 0 Å². The second-order valence-corrected chi connectivity index (χ2v) is 5.66. The predicted molar refractivity (Wildman–Crippen MR) is 65.9 cm³/mol. The molecule has 0 aliphatic carbocycles. The summed E-state index contributed by atoms with van der Waals surface area (Å²) in [7, 11) is 0. The summed E-state index contributed by atoms with van der Waals surface area (Å²) in [5, 5.41) is 2.93. The molecule has 0 aromatic heterocycles. The maximum Gasteiger partial charge on any atom is 0.251 e. The van der Waals surface area contributed by atoms with Crippen LogP contribution < -0.4 is 5.32 Å². The molecule has 0 saturated heterocycles. The quantitative estimate of drug-likeness (QED) is 0.711. The van der Waals surface area contributed by atoms with Crippen LogP contribution in [0.5, 0.6) is 0 Å². The molecule has 1 aromatic carbocycles. The van der Waals surface area contributed by atoms with Crippen LogP contribution >= 0.6 is 0 Å². The van der Waals surface area contributed by atoms with Gasteiger partial charge >= 0.3 is 0 Å². The van der Waals surface area contributed by atoms with Crippen LogP contribution in [0.4, 0.5) is 0 Å².